The Labute approximate surface area is 165 Å². The van der Waals surface area contributed by atoms with Crippen molar-refractivity contribution >= 4 is 40.7 Å². The van der Waals surface area contributed by atoms with E-state index in [2.05, 4.69) is 0 Å². The highest BCUT2D eigenvalue weighted by molar-refractivity contribution is 6.43. The molecular weight excluding hydrogens is 401 g/mol. The summed E-state index contributed by atoms with van der Waals surface area (Å²) in [5.74, 6) is 1.32. The van der Waals surface area contributed by atoms with Crippen LogP contribution in [-0.2, 0) is 17.9 Å². The number of ether oxygens (including phenoxy) is 1. The molecule has 0 aliphatic rings. The van der Waals surface area contributed by atoms with Gasteiger partial charge in [0.25, 0.3) is 5.91 Å². The predicted octanol–water partition coefficient (Wildman–Crippen LogP) is 5.44. The molecule has 0 saturated carbocycles. The van der Waals surface area contributed by atoms with Crippen molar-refractivity contribution < 1.29 is 18.4 Å². The van der Waals surface area contributed by atoms with Gasteiger partial charge in [-0.1, -0.05) is 34.8 Å². The second-order valence-electron chi connectivity index (χ2n) is 5.39. The van der Waals surface area contributed by atoms with E-state index in [-0.39, 0.29) is 36.4 Å². The molecule has 3 aromatic rings. The van der Waals surface area contributed by atoms with Gasteiger partial charge in [-0.15, -0.1) is 0 Å². The summed E-state index contributed by atoms with van der Waals surface area (Å²) in [6, 6.07) is 10.0. The maximum absolute atomic E-state index is 12.6. The Bertz CT molecular complexity index is 827. The molecule has 0 unspecified atom stereocenters. The van der Waals surface area contributed by atoms with Gasteiger partial charge in [-0.2, -0.15) is 0 Å². The number of carbonyl (C=O) groups excluding carboxylic acids is 1. The van der Waals surface area contributed by atoms with Crippen LogP contribution in [0.1, 0.15) is 11.5 Å². The molecule has 0 N–H and O–H groups in total. The van der Waals surface area contributed by atoms with Crippen molar-refractivity contribution in [3.63, 3.8) is 0 Å². The lowest BCUT2D eigenvalue weighted by Gasteiger charge is -2.21. The molecule has 3 rings (SSSR count). The van der Waals surface area contributed by atoms with Gasteiger partial charge < -0.3 is 18.5 Å². The first-order chi connectivity index (χ1) is 12.5. The number of furan rings is 2. The van der Waals surface area contributed by atoms with Gasteiger partial charge in [-0.3, -0.25) is 4.79 Å². The molecule has 0 aliphatic carbocycles. The van der Waals surface area contributed by atoms with Crippen LogP contribution in [0.5, 0.6) is 5.75 Å². The van der Waals surface area contributed by atoms with Gasteiger partial charge in [0.2, 0.25) is 0 Å². The van der Waals surface area contributed by atoms with Crippen molar-refractivity contribution in [2.45, 2.75) is 13.1 Å². The second-order valence-corrected chi connectivity index (χ2v) is 6.62. The Morgan fingerprint density at radius 2 is 1.50 bits per heavy atom. The normalized spacial score (nSPS) is 10.7. The highest BCUT2D eigenvalue weighted by Crippen LogP contribution is 2.33. The maximum Gasteiger partial charge on any atom is 0.261 e. The number of carbonyl (C=O) groups is 1. The second kappa shape index (κ2) is 8.54. The van der Waals surface area contributed by atoms with E-state index in [4.69, 9.17) is 48.4 Å². The Hall–Kier alpha value is -2.08. The van der Waals surface area contributed by atoms with Crippen LogP contribution in [0, 0.1) is 0 Å². The average Bonchev–Trinajstić information content (AvgIpc) is 3.30. The molecule has 2 heterocycles. The Morgan fingerprint density at radius 3 is 2.04 bits per heavy atom. The number of hydrogen-bond donors (Lipinski definition) is 0. The molecule has 0 saturated heterocycles. The molecule has 0 fully saturated rings. The zero-order chi connectivity index (χ0) is 18.5. The zero-order valence-electron chi connectivity index (χ0n) is 13.5. The fraction of sp³-hybridized carbons (Fsp3) is 0.167. The molecule has 136 valence electrons. The van der Waals surface area contributed by atoms with Crippen LogP contribution in [0.15, 0.2) is 57.8 Å². The van der Waals surface area contributed by atoms with E-state index in [1.807, 2.05) is 0 Å². The number of halogens is 3. The van der Waals surface area contributed by atoms with E-state index in [9.17, 15) is 4.79 Å². The quantitative estimate of drug-likeness (QED) is 0.483. The van der Waals surface area contributed by atoms with Gasteiger partial charge in [-0.05, 0) is 30.3 Å². The summed E-state index contributed by atoms with van der Waals surface area (Å²) >= 11 is 17.9. The molecule has 8 heteroatoms. The van der Waals surface area contributed by atoms with E-state index >= 15 is 0 Å². The summed E-state index contributed by atoms with van der Waals surface area (Å²) in [5.41, 5.74) is 0. The van der Waals surface area contributed by atoms with Crippen LogP contribution in [0.25, 0.3) is 0 Å². The van der Waals surface area contributed by atoms with Gasteiger partial charge in [0, 0.05) is 6.07 Å². The highest BCUT2D eigenvalue weighted by atomic mass is 35.5. The van der Waals surface area contributed by atoms with E-state index in [0.717, 1.165) is 0 Å². The van der Waals surface area contributed by atoms with Crippen molar-refractivity contribution in [1.29, 1.82) is 0 Å². The predicted molar refractivity (Wildman–Crippen MR) is 98.6 cm³/mol. The lowest BCUT2D eigenvalue weighted by Crippen LogP contribution is -2.33. The number of rotatable bonds is 7. The summed E-state index contributed by atoms with van der Waals surface area (Å²) in [4.78, 5) is 14.2. The third kappa shape index (κ3) is 4.75. The summed E-state index contributed by atoms with van der Waals surface area (Å²) in [6.45, 7) is 0.342. The summed E-state index contributed by atoms with van der Waals surface area (Å²) in [6.07, 6.45) is 3.10. The van der Waals surface area contributed by atoms with E-state index in [1.54, 1.807) is 41.7 Å². The minimum atomic E-state index is -0.264. The van der Waals surface area contributed by atoms with Crippen molar-refractivity contribution in [2.24, 2.45) is 0 Å². The van der Waals surface area contributed by atoms with E-state index < -0.39 is 0 Å². The molecule has 0 aliphatic heterocycles. The molecule has 0 spiro atoms. The zero-order valence-corrected chi connectivity index (χ0v) is 15.7. The van der Waals surface area contributed by atoms with Gasteiger partial charge in [0.15, 0.2) is 6.61 Å². The van der Waals surface area contributed by atoms with Crippen LogP contribution in [0.3, 0.4) is 0 Å². The summed E-state index contributed by atoms with van der Waals surface area (Å²) in [7, 11) is 0. The molecule has 0 atom stereocenters. The molecule has 0 bridgehead atoms. The maximum atomic E-state index is 12.6. The first kappa shape index (κ1) is 18.7. The third-order valence-corrected chi connectivity index (χ3v) is 4.55. The first-order valence-electron chi connectivity index (χ1n) is 7.63. The van der Waals surface area contributed by atoms with E-state index in [1.165, 1.54) is 12.1 Å². The summed E-state index contributed by atoms with van der Waals surface area (Å²) in [5, 5.41) is 0.880. The molecule has 0 radical (unpaired) electrons. The summed E-state index contributed by atoms with van der Waals surface area (Å²) < 4.78 is 16.2. The van der Waals surface area contributed by atoms with Crippen molar-refractivity contribution in [3.05, 3.63) is 75.5 Å². The fourth-order valence-electron chi connectivity index (χ4n) is 2.26. The number of benzene rings is 1. The van der Waals surface area contributed by atoms with Gasteiger partial charge in [-0.25, -0.2) is 0 Å². The minimum Gasteiger partial charge on any atom is -0.482 e. The van der Waals surface area contributed by atoms with Crippen LogP contribution in [0.2, 0.25) is 15.1 Å². The van der Waals surface area contributed by atoms with Gasteiger partial charge >= 0.3 is 0 Å². The number of amides is 1. The van der Waals surface area contributed by atoms with Gasteiger partial charge in [0.1, 0.15) is 17.3 Å². The van der Waals surface area contributed by atoms with Crippen molar-refractivity contribution in [2.75, 3.05) is 6.61 Å². The van der Waals surface area contributed by atoms with Crippen molar-refractivity contribution in [3.8, 4) is 5.75 Å². The Balaban J connectivity index is 1.69. The van der Waals surface area contributed by atoms with Crippen LogP contribution in [-0.4, -0.2) is 17.4 Å². The first-order valence-corrected chi connectivity index (χ1v) is 8.76. The fourth-order valence-corrected chi connectivity index (χ4v) is 2.85. The SMILES string of the molecule is O=C(COc1cc(Cl)c(Cl)cc1Cl)N(Cc1ccco1)Cc1ccco1. The lowest BCUT2D eigenvalue weighted by atomic mass is 10.3. The Morgan fingerprint density at radius 1 is 0.923 bits per heavy atom. The molecular formula is C18H14Cl3NO4. The van der Waals surface area contributed by atoms with Crippen LogP contribution in [0.4, 0.5) is 0 Å². The standard InChI is InChI=1S/C18H14Cl3NO4/c19-14-7-16(21)17(8-15(14)20)26-11-18(23)22(9-12-3-1-5-24-12)10-13-4-2-6-25-13/h1-8H,9-11H2. The Kier molecular flexibility index (Phi) is 6.14. The molecule has 26 heavy (non-hydrogen) atoms. The average molecular weight is 415 g/mol. The molecule has 1 aromatic carbocycles. The molecule has 1 amide bonds. The minimum absolute atomic E-state index is 0.223. The molecule has 2 aromatic heterocycles. The monoisotopic (exact) mass is 413 g/mol. The third-order valence-electron chi connectivity index (χ3n) is 3.53. The smallest absolute Gasteiger partial charge is 0.261 e. The largest absolute Gasteiger partial charge is 0.482 e. The topological polar surface area (TPSA) is 55.8 Å². The van der Waals surface area contributed by atoms with Gasteiger partial charge in [0.05, 0.1) is 40.7 Å². The molecule has 5 nitrogen and oxygen atoms in total. The van der Waals surface area contributed by atoms with E-state index in [0.29, 0.717) is 21.6 Å². The highest BCUT2D eigenvalue weighted by Gasteiger charge is 2.19. The van der Waals surface area contributed by atoms with Crippen LogP contribution < -0.4 is 4.74 Å². The number of hydrogen-bond acceptors (Lipinski definition) is 4. The van der Waals surface area contributed by atoms with Crippen LogP contribution >= 0.6 is 34.8 Å². The van der Waals surface area contributed by atoms with Crippen molar-refractivity contribution in [1.82, 2.24) is 4.90 Å². The lowest BCUT2D eigenvalue weighted by molar-refractivity contribution is -0.135. The number of nitrogens with zero attached hydrogens (tertiary/aromatic N) is 1.